The molecule has 0 N–H and O–H groups in total. The molecule has 0 aliphatic heterocycles. The number of thioether (sulfide) groups is 1. The molecule has 0 aliphatic carbocycles. The Morgan fingerprint density at radius 3 is 2.68 bits per heavy atom. The molecule has 1 aromatic carbocycles. The Balaban J connectivity index is 1.96. The van der Waals surface area contributed by atoms with Crippen LogP contribution in [0.2, 0.25) is 0 Å². The quantitative estimate of drug-likeness (QED) is 0.222. The molecule has 13 heteroatoms. The minimum absolute atomic E-state index is 0.0339. The lowest BCUT2D eigenvalue weighted by atomic mass is 10.1. The van der Waals surface area contributed by atoms with Crippen molar-refractivity contribution in [3.63, 3.8) is 0 Å². The molecule has 31 heavy (non-hydrogen) atoms. The van der Waals surface area contributed by atoms with Crippen molar-refractivity contribution in [1.82, 2.24) is 24.7 Å². The van der Waals surface area contributed by atoms with Gasteiger partial charge < -0.3 is 4.74 Å². The number of hydrogen-bond donors (Lipinski definition) is 0. The van der Waals surface area contributed by atoms with E-state index in [2.05, 4.69) is 20.4 Å². The lowest BCUT2D eigenvalue weighted by Gasteiger charge is -2.10. The number of rotatable bonds is 8. The van der Waals surface area contributed by atoms with Crippen LogP contribution in [0.1, 0.15) is 34.8 Å². The zero-order chi connectivity index (χ0) is 22.7. The van der Waals surface area contributed by atoms with Crippen LogP contribution >= 0.6 is 11.8 Å². The van der Waals surface area contributed by atoms with Crippen molar-refractivity contribution in [3.05, 3.63) is 56.7 Å². The maximum Gasteiger partial charge on any atom is 0.312 e. The largest absolute Gasteiger partial charge is 0.496 e. The second-order valence-corrected chi connectivity index (χ2v) is 7.18. The fourth-order valence-corrected chi connectivity index (χ4v) is 3.48. The predicted octanol–water partition coefficient (Wildman–Crippen LogP) is 3.60. The molecule has 0 atom stereocenters. The van der Waals surface area contributed by atoms with Gasteiger partial charge in [0.25, 0.3) is 6.43 Å². The Bertz CT molecular complexity index is 1140. The van der Waals surface area contributed by atoms with E-state index in [-0.39, 0.29) is 17.4 Å². The van der Waals surface area contributed by atoms with Crippen LogP contribution in [0.3, 0.4) is 0 Å². The number of benzene rings is 1. The van der Waals surface area contributed by atoms with E-state index < -0.39 is 17.2 Å². The summed E-state index contributed by atoms with van der Waals surface area (Å²) in [6, 6.07) is 5.16. The Morgan fingerprint density at radius 1 is 1.35 bits per heavy atom. The van der Waals surface area contributed by atoms with Gasteiger partial charge in [-0.25, -0.2) is 8.78 Å². The second-order valence-electron chi connectivity index (χ2n) is 6.41. The third-order valence-electron chi connectivity index (χ3n) is 4.49. The van der Waals surface area contributed by atoms with Gasteiger partial charge in [-0.2, -0.15) is 14.9 Å². The molecule has 0 aliphatic rings. The number of aromatic nitrogens is 5. The van der Waals surface area contributed by atoms with Crippen molar-refractivity contribution in [3.8, 4) is 5.75 Å². The molecule has 10 nitrogen and oxygen atoms in total. The molecule has 0 bridgehead atoms. The van der Waals surface area contributed by atoms with E-state index in [9.17, 15) is 18.9 Å². The molecule has 3 rings (SSSR count). The normalized spacial score (nSPS) is 11.6. The third kappa shape index (κ3) is 4.55. The smallest absolute Gasteiger partial charge is 0.312 e. The van der Waals surface area contributed by atoms with E-state index in [1.165, 1.54) is 18.0 Å². The number of ether oxygens (including phenoxy) is 1. The summed E-state index contributed by atoms with van der Waals surface area (Å²) in [6.45, 7) is 3.42. The van der Waals surface area contributed by atoms with E-state index in [1.54, 1.807) is 38.3 Å². The summed E-state index contributed by atoms with van der Waals surface area (Å²) >= 11 is 1.14. The fraction of sp³-hybridized carbons (Fsp3) is 0.333. The van der Waals surface area contributed by atoms with Gasteiger partial charge in [0.05, 0.1) is 24.8 Å². The van der Waals surface area contributed by atoms with Gasteiger partial charge in [-0.15, -0.1) is 10.2 Å². The molecule has 0 radical (unpaired) electrons. The highest BCUT2D eigenvalue weighted by Gasteiger charge is 2.22. The minimum atomic E-state index is -2.82. The van der Waals surface area contributed by atoms with Gasteiger partial charge in [-0.05, 0) is 43.9 Å². The molecular weight excluding hydrogens is 432 g/mol. The van der Waals surface area contributed by atoms with E-state index in [0.29, 0.717) is 28.3 Å². The topological polar surface area (TPSA) is 113 Å². The maximum atomic E-state index is 13.2. The van der Waals surface area contributed by atoms with E-state index >= 15 is 0 Å². The summed E-state index contributed by atoms with van der Waals surface area (Å²) in [4.78, 5) is 10.8. The summed E-state index contributed by atoms with van der Waals surface area (Å²) in [5, 5.41) is 27.0. The van der Waals surface area contributed by atoms with Crippen molar-refractivity contribution in [2.24, 2.45) is 5.10 Å². The van der Waals surface area contributed by atoms with Crippen LogP contribution in [-0.4, -0.2) is 49.2 Å². The highest BCUT2D eigenvalue weighted by molar-refractivity contribution is 7.98. The fourth-order valence-electron chi connectivity index (χ4n) is 3.04. The van der Waals surface area contributed by atoms with Crippen LogP contribution in [0.4, 0.5) is 14.5 Å². The number of nitro groups is 1. The van der Waals surface area contributed by atoms with E-state index in [4.69, 9.17) is 4.74 Å². The van der Waals surface area contributed by atoms with E-state index in [1.807, 2.05) is 0 Å². The number of methoxy groups -OCH3 is 1. The molecule has 0 saturated heterocycles. The molecule has 2 aromatic heterocycles. The predicted molar refractivity (Wildman–Crippen MR) is 110 cm³/mol. The van der Waals surface area contributed by atoms with Gasteiger partial charge in [0.2, 0.25) is 11.0 Å². The molecule has 0 unspecified atom stereocenters. The number of halogens is 2. The summed E-state index contributed by atoms with van der Waals surface area (Å²) in [6.07, 6.45) is 0.269. The molecule has 2 heterocycles. The first-order valence-corrected chi connectivity index (χ1v) is 10.2. The Hall–Kier alpha value is -3.35. The summed E-state index contributed by atoms with van der Waals surface area (Å²) in [5.41, 5.74) is 1.99. The van der Waals surface area contributed by atoms with Gasteiger partial charge >= 0.3 is 5.69 Å². The summed E-state index contributed by atoms with van der Waals surface area (Å²) in [5.74, 6) is -0.000915. The SMILES string of the molecule is COc1ccc(/C=N/n2c(SC)nnc2C(F)F)cc1Cn1nc(C)c([N+](=O)[O-])c1C. The van der Waals surface area contributed by atoms with Crippen molar-refractivity contribution < 1.29 is 18.4 Å². The average molecular weight is 451 g/mol. The number of aryl methyl sites for hydroxylation is 1. The highest BCUT2D eigenvalue weighted by Crippen LogP contribution is 2.26. The van der Waals surface area contributed by atoms with Gasteiger partial charge in [0, 0.05) is 5.56 Å². The van der Waals surface area contributed by atoms with Crippen LogP contribution < -0.4 is 4.74 Å². The molecule has 0 saturated carbocycles. The van der Waals surface area contributed by atoms with Gasteiger partial charge in [0.1, 0.15) is 17.1 Å². The lowest BCUT2D eigenvalue weighted by Crippen LogP contribution is -2.07. The zero-order valence-electron chi connectivity index (χ0n) is 17.1. The molecule has 164 valence electrons. The van der Waals surface area contributed by atoms with Crippen LogP contribution in [0.15, 0.2) is 28.5 Å². The lowest BCUT2D eigenvalue weighted by molar-refractivity contribution is -0.386. The molecular formula is C18H19F2N7O3S. The maximum absolute atomic E-state index is 13.2. The monoisotopic (exact) mass is 451 g/mol. The Labute approximate surface area is 180 Å². The second kappa shape index (κ2) is 9.20. The zero-order valence-corrected chi connectivity index (χ0v) is 17.9. The number of nitrogens with zero attached hydrogens (tertiary/aromatic N) is 7. The standard InChI is InChI=1S/C18H19F2N7O3S/c1-10-15(27(28)29)11(2)25(24-10)9-13-7-12(5-6-14(13)30-3)8-21-26-17(16(19)20)22-23-18(26)31-4/h5-8,16H,9H2,1-4H3/b21-8+. The number of alkyl halides is 2. The summed E-state index contributed by atoms with van der Waals surface area (Å²) < 4.78 is 34.2. The average Bonchev–Trinajstić information content (AvgIpc) is 3.26. The van der Waals surface area contributed by atoms with Crippen LogP contribution in [0, 0.1) is 24.0 Å². The van der Waals surface area contributed by atoms with E-state index in [0.717, 1.165) is 16.4 Å². The highest BCUT2D eigenvalue weighted by atomic mass is 32.2. The van der Waals surface area contributed by atoms with Gasteiger partial charge in [-0.1, -0.05) is 11.8 Å². The third-order valence-corrected chi connectivity index (χ3v) is 5.11. The van der Waals surface area contributed by atoms with Crippen molar-refractivity contribution in [1.29, 1.82) is 0 Å². The van der Waals surface area contributed by atoms with Crippen molar-refractivity contribution in [2.75, 3.05) is 13.4 Å². The van der Waals surface area contributed by atoms with Crippen LogP contribution in [-0.2, 0) is 6.54 Å². The molecule has 0 spiro atoms. The van der Waals surface area contributed by atoms with Crippen LogP contribution in [0.5, 0.6) is 5.75 Å². The Kier molecular flexibility index (Phi) is 6.63. The summed E-state index contributed by atoms with van der Waals surface area (Å²) in [7, 11) is 1.51. The first-order valence-electron chi connectivity index (χ1n) is 8.93. The number of hydrogen-bond acceptors (Lipinski definition) is 8. The first-order chi connectivity index (χ1) is 14.8. The van der Waals surface area contributed by atoms with Crippen molar-refractivity contribution in [2.45, 2.75) is 32.0 Å². The van der Waals surface area contributed by atoms with Crippen LogP contribution in [0.25, 0.3) is 0 Å². The molecule has 3 aromatic rings. The minimum Gasteiger partial charge on any atom is -0.496 e. The molecule has 0 amide bonds. The first kappa shape index (κ1) is 22.3. The Morgan fingerprint density at radius 2 is 2.10 bits per heavy atom. The van der Waals surface area contributed by atoms with Gasteiger partial charge in [-0.3, -0.25) is 14.8 Å². The molecule has 0 fully saturated rings. The van der Waals surface area contributed by atoms with Crippen molar-refractivity contribution >= 4 is 23.7 Å². The van der Waals surface area contributed by atoms with Gasteiger partial charge in [0.15, 0.2) is 0 Å².